The lowest BCUT2D eigenvalue weighted by Gasteiger charge is -2.40. The molecule has 3 aromatic rings. The van der Waals surface area contributed by atoms with Crippen LogP contribution in [0.2, 0.25) is 0 Å². The summed E-state index contributed by atoms with van der Waals surface area (Å²) in [5.41, 5.74) is 3.10. The van der Waals surface area contributed by atoms with Crippen molar-refractivity contribution in [3.05, 3.63) is 101 Å². The Morgan fingerprint density at radius 1 is 0.846 bits per heavy atom. The van der Waals surface area contributed by atoms with E-state index in [0.717, 1.165) is 24.0 Å². The van der Waals surface area contributed by atoms with Crippen molar-refractivity contribution >= 4 is 17.6 Å². The number of carbonyl (C=O) groups excluding carboxylic acids is 1. The Kier molecular flexibility index (Phi) is 8.74. The van der Waals surface area contributed by atoms with Crippen LogP contribution in [0.3, 0.4) is 0 Å². The van der Waals surface area contributed by atoms with E-state index < -0.39 is 11.7 Å². The van der Waals surface area contributed by atoms with Crippen LogP contribution in [0.1, 0.15) is 84.3 Å². The van der Waals surface area contributed by atoms with Gasteiger partial charge in [0, 0.05) is 5.69 Å². The Morgan fingerprint density at radius 3 is 2.21 bits per heavy atom. The van der Waals surface area contributed by atoms with Crippen molar-refractivity contribution in [1.82, 2.24) is 5.32 Å². The number of rotatable bonds is 9. The van der Waals surface area contributed by atoms with Crippen LogP contribution in [0.15, 0.2) is 78.9 Å². The number of amides is 1. The van der Waals surface area contributed by atoms with Crippen LogP contribution in [-0.2, 0) is 22.7 Å². The molecular formula is C33H38N2O4. The van der Waals surface area contributed by atoms with Gasteiger partial charge in [0.15, 0.2) is 5.72 Å². The van der Waals surface area contributed by atoms with Crippen molar-refractivity contribution in [2.24, 2.45) is 0 Å². The van der Waals surface area contributed by atoms with Crippen LogP contribution >= 0.6 is 0 Å². The number of nitrogens with one attached hydrogen (secondary N) is 1. The lowest BCUT2D eigenvalue weighted by Crippen LogP contribution is -2.61. The molecule has 1 saturated heterocycles. The quantitative estimate of drug-likeness (QED) is 0.326. The van der Waals surface area contributed by atoms with Crippen molar-refractivity contribution in [2.75, 3.05) is 11.4 Å². The van der Waals surface area contributed by atoms with Gasteiger partial charge in [0.2, 0.25) is 0 Å². The van der Waals surface area contributed by atoms with E-state index in [0.29, 0.717) is 37.7 Å². The molecule has 0 aromatic heterocycles. The first-order chi connectivity index (χ1) is 19.0. The minimum absolute atomic E-state index is 0.155. The molecule has 5 rings (SSSR count). The van der Waals surface area contributed by atoms with E-state index in [-0.39, 0.29) is 11.5 Å². The molecule has 1 atom stereocenters. The monoisotopic (exact) mass is 526 g/mol. The number of carboxylic acids is 1. The van der Waals surface area contributed by atoms with Gasteiger partial charge in [-0.05, 0) is 85.5 Å². The normalized spacial score (nSPS) is 19.9. The molecule has 0 spiro atoms. The highest BCUT2D eigenvalue weighted by Gasteiger charge is 2.44. The number of benzene rings is 3. The molecule has 39 heavy (non-hydrogen) atoms. The molecule has 1 amide bonds. The largest absolute Gasteiger partial charge is 0.478 e. The Bertz CT molecular complexity index is 1230. The standard InChI is InChI=1S/C33H38N2O4/c36-31(37)29-17-19-30(20-18-29)35(23-25-13-15-28(16-14-25)27-11-5-2-6-12-27)32(38)33(21-7-8-22-34-33)39-24-26-9-3-1-4-10-26/h1,3-4,9-10,13-20,27,34H,2,5-8,11-12,21-24H2,(H,36,37)/t33-/m1/s1. The van der Waals surface area contributed by atoms with E-state index in [9.17, 15) is 14.7 Å². The summed E-state index contributed by atoms with van der Waals surface area (Å²) in [5, 5.41) is 12.8. The van der Waals surface area contributed by atoms with Crippen molar-refractivity contribution < 1.29 is 19.4 Å². The maximum absolute atomic E-state index is 14.4. The molecule has 6 heteroatoms. The number of hydrogen-bond acceptors (Lipinski definition) is 4. The molecule has 0 radical (unpaired) electrons. The zero-order valence-electron chi connectivity index (χ0n) is 22.5. The first kappa shape index (κ1) is 27.1. The maximum atomic E-state index is 14.4. The number of carbonyl (C=O) groups is 2. The van der Waals surface area contributed by atoms with E-state index in [2.05, 4.69) is 29.6 Å². The SMILES string of the molecule is O=C(O)c1ccc(N(Cc2ccc(C3CCCCC3)cc2)C(=O)[C@]2(OCc3ccccc3)CCCCN2)cc1. The van der Waals surface area contributed by atoms with Gasteiger partial charge in [-0.2, -0.15) is 0 Å². The Hall–Kier alpha value is -3.48. The van der Waals surface area contributed by atoms with Gasteiger partial charge in [-0.3, -0.25) is 10.1 Å². The van der Waals surface area contributed by atoms with Gasteiger partial charge in [-0.15, -0.1) is 0 Å². The number of anilines is 1. The second-order valence-corrected chi connectivity index (χ2v) is 10.8. The van der Waals surface area contributed by atoms with Crippen molar-refractivity contribution in [2.45, 2.75) is 76.2 Å². The van der Waals surface area contributed by atoms with Crippen LogP contribution in [0.5, 0.6) is 0 Å². The predicted molar refractivity (Wildman–Crippen MR) is 153 cm³/mol. The molecule has 1 aliphatic heterocycles. The fourth-order valence-corrected chi connectivity index (χ4v) is 5.82. The molecular weight excluding hydrogens is 488 g/mol. The minimum Gasteiger partial charge on any atom is -0.478 e. The Morgan fingerprint density at radius 2 is 1.56 bits per heavy atom. The molecule has 1 saturated carbocycles. The molecule has 1 heterocycles. The van der Waals surface area contributed by atoms with Crippen LogP contribution in [0.4, 0.5) is 5.69 Å². The van der Waals surface area contributed by atoms with Crippen LogP contribution < -0.4 is 10.2 Å². The van der Waals surface area contributed by atoms with E-state index in [1.807, 2.05) is 30.3 Å². The maximum Gasteiger partial charge on any atom is 0.335 e. The molecule has 2 N–H and O–H groups in total. The molecule has 6 nitrogen and oxygen atoms in total. The number of carboxylic acid groups (broad SMARTS) is 1. The summed E-state index contributed by atoms with van der Waals surface area (Å²) in [6.45, 7) is 1.39. The molecule has 0 bridgehead atoms. The summed E-state index contributed by atoms with van der Waals surface area (Å²) >= 11 is 0. The molecule has 204 valence electrons. The van der Waals surface area contributed by atoms with Crippen LogP contribution in [0, 0.1) is 0 Å². The minimum atomic E-state index is -1.15. The first-order valence-corrected chi connectivity index (χ1v) is 14.2. The van der Waals surface area contributed by atoms with Crippen LogP contribution in [-0.4, -0.2) is 29.3 Å². The predicted octanol–water partition coefficient (Wildman–Crippen LogP) is 6.65. The van der Waals surface area contributed by atoms with Gasteiger partial charge in [0.05, 0.1) is 18.7 Å². The fourth-order valence-electron chi connectivity index (χ4n) is 5.82. The Labute approximate surface area is 231 Å². The lowest BCUT2D eigenvalue weighted by molar-refractivity contribution is -0.156. The number of hydrogen-bond donors (Lipinski definition) is 2. The van der Waals surface area contributed by atoms with Crippen molar-refractivity contribution in [3.8, 4) is 0 Å². The van der Waals surface area contributed by atoms with Gasteiger partial charge in [-0.1, -0.05) is 73.9 Å². The number of aromatic carboxylic acids is 1. The third-order valence-corrected chi connectivity index (χ3v) is 8.11. The number of piperidine rings is 1. The topological polar surface area (TPSA) is 78.9 Å². The molecule has 0 unspecified atom stereocenters. The summed E-state index contributed by atoms with van der Waals surface area (Å²) in [5.74, 6) is -0.526. The second kappa shape index (κ2) is 12.6. The smallest absolute Gasteiger partial charge is 0.335 e. The molecule has 2 fully saturated rings. The summed E-state index contributed by atoms with van der Waals surface area (Å²) in [4.78, 5) is 27.6. The highest BCUT2D eigenvalue weighted by Crippen LogP contribution is 2.33. The highest BCUT2D eigenvalue weighted by atomic mass is 16.5. The third-order valence-electron chi connectivity index (χ3n) is 8.11. The zero-order chi connectivity index (χ0) is 27.1. The average molecular weight is 527 g/mol. The third kappa shape index (κ3) is 6.57. The van der Waals surface area contributed by atoms with Gasteiger partial charge < -0.3 is 14.7 Å². The fraction of sp³-hybridized carbons (Fsp3) is 0.394. The summed E-state index contributed by atoms with van der Waals surface area (Å²) < 4.78 is 6.42. The van der Waals surface area contributed by atoms with Gasteiger partial charge >= 0.3 is 5.97 Å². The zero-order valence-corrected chi connectivity index (χ0v) is 22.5. The van der Waals surface area contributed by atoms with Gasteiger partial charge in [0.1, 0.15) is 0 Å². The highest BCUT2D eigenvalue weighted by molar-refractivity contribution is 5.99. The summed E-state index contributed by atoms with van der Waals surface area (Å²) in [6.07, 6.45) is 8.84. The van der Waals surface area contributed by atoms with E-state index >= 15 is 0 Å². The summed E-state index contributed by atoms with van der Waals surface area (Å²) in [7, 11) is 0. The Balaban J connectivity index is 1.43. The van der Waals surface area contributed by atoms with Gasteiger partial charge in [-0.25, -0.2) is 4.79 Å². The van der Waals surface area contributed by atoms with Crippen molar-refractivity contribution in [1.29, 1.82) is 0 Å². The molecule has 3 aromatic carbocycles. The van der Waals surface area contributed by atoms with E-state index in [4.69, 9.17) is 4.74 Å². The van der Waals surface area contributed by atoms with Crippen LogP contribution in [0.25, 0.3) is 0 Å². The number of nitrogens with zero attached hydrogens (tertiary/aromatic N) is 1. The average Bonchev–Trinajstić information content (AvgIpc) is 3.00. The first-order valence-electron chi connectivity index (χ1n) is 14.2. The van der Waals surface area contributed by atoms with Gasteiger partial charge in [0.25, 0.3) is 5.91 Å². The molecule has 2 aliphatic rings. The van der Waals surface area contributed by atoms with E-state index in [1.54, 1.807) is 29.2 Å². The molecule has 1 aliphatic carbocycles. The summed E-state index contributed by atoms with van der Waals surface area (Å²) in [6, 6.07) is 25.1. The van der Waals surface area contributed by atoms with E-state index in [1.165, 1.54) is 37.7 Å². The van der Waals surface area contributed by atoms with Crippen molar-refractivity contribution in [3.63, 3.8) is 0 Å². The lowest BCUT2D eigenvalue weighted by atomic mass is 9.84. The number of ether oxygens (including phenoxy) is 1. The second-order valence-electron chi connectivity index (χ2n) is 10.8.